The van der Waals surface area contributed by atoms with Crippen LogP contribution < -0.4 is 5.32 Å². The highest BCUT2D eigenvalue weighted by molar-refractivity contribution is 5.95. The van der Waals surface area contributed by atoms with Gasteiger partial charge >= 0.3 is 0 Å². The van der Waals surface area contributed by atoms with Gasteiger partial charge in [-0.15, -0.1) is 0 Å². The molecule has 2 fully saturated rings. The van der Waals surface area contributed by atoms with Crippen molar-refractivity contribution < 1.29 is 14.0 Å². The SMILES string of the molecule is Cc1cc(C(=O)N2CC(=O)NC3CCCCC32)oc1C. The molecule has 2 atom stereocenters. The topological polar surface area (TPSA) is 62.6 Å². The molecule has 3 rings (SSSR count). The first-order valence-electron chi connectivity index (χ1n) is 7.23. The van der Waals surface area contributed by atoms with E-state index in [-0.39, 0.29) is 30.4 Å². The summed E-state index contributed by atoms with van der Waals surface area (Å²) < 4.78 is 5.52. The van der Waals surface area contributed by atoms with E-state index in [2.05, 4.69) is 5.32 Å². The van der Waals surface area contributed by atoms with Crippen LogP contribution >= 0.6 is 0 Å². The maximum atomic E-state index is 12.6. The van der Waals surface area contributed by atoms with Crippen LogP contribution in [0.1, 0.15) is 47.6 Å². The van der Waals surface area contributed by atoms with Gasteiger partial charge in [-0.1, -0.05) is 12.8 Å². The van der Waals surface area contributed by atoms with Crippen LogP contribution in [-0.4, -0.2) is 35.3 Å². The molecule has 2 amide bonds. The Labute approximate surface area is 118 Å². The minimum absolute atomic E-state index is 0.0681. The lowest BCUT2D eigenvalue weighted by Crippen LogP contribution is -2.62. The smallest absolute Gasteiger partial charge is 0.290 e. The summed E-state index contributed by atoms with van der Waals surface area (Å²) in [6, 6.07) is 1.98. The zero-order chi connectivity index (χ0) is 14.3. The molecule has 0 bridgehead atoms. The molecule has 0 aromatic carbocycles. The van der Waals surface area contributed by atoms with Crippen molar-refractivity contribution in [1.29, 1.82) is 0 Å². The molecule has 5 nitrogen and oxygen atoms in total. The number of carbonyl (C=O) groups excluding carboxylic acids is 2. The van der Waals surface area contributed by atoms with Crippen molar-refractivity contribution in [3.05, 3.63) is 23.2 Å². The van der Waals surface area contributed by atoms with Crippen molar-refractivity contribution in [2.24, 2.45) is 0 Å². The molecule has 0 spiro atoms. The minimum Gasteiger partial charge on any atom is -0.456 e. The summed E-state index contributed by atoms with van der Waals surface area (Å²) in [6.07, 6.45) is 4.13. The Morgan fingerprint density at radius 1 is 1.35 bits per heavy atom. The first-order valence-corrected chi connectivity index (χ1v) is 7.23. The summed E-state index contributed by atoms with van der Waals surface area (Å²) >= 11 is 0. The molecule has 5 heteroatoms. The monoisotopic (exact) mass is 276 g/mol. The first-order chi connectivity index (χ1) is 9.56. The zero-order valence-electron chi connectivity index (χ0n) is 11.9. The molecule has 1 aliphatic heterocycles. The van der Waals surface area contributed by atoms with E-state index in [1.54, 1.807) is 11.0 Å². The molecule has 1 saturated carbocycles. The number of rotatable bonds is 1. The average molecular weight is 276 g/mol. The average Bonchev–Trinajstić information content (AvgIpc) is 2.77. The number of carbonyl (C=O) groups is 2. The van der Waals surface area contributed by atoms with Gasteiger partial charge in [-0.2, -0.15) is 0 Å². The van der Waals surface area contributed by atoms with Crippen LogP contribution in [0.4, 0.5) is 0 Å². The Kier molecular flexibility index (Phi) is 3.28. The van der Waals surface area contributed by atoms with Gasteiger partial charge in [0.15, 0.2) is 5.76 Å². The number of piperazine rings is 1. The van der Waals surface area contributed by atoms with Gasteiger partial charge in [0, 0.05) is 6.04 Å². The normalized spacial score (nSPS) is 26.1. The van der Waals surface area contributed by atoms with Crippen LogP contribution in [0.5, 0.6) is 0 Å². The number of hydrogen-bond acceptors (Lipinski definition) is 3. The van der Waals surface area contributed by atoms with Gasteiger partial charge in [0.25, 0.3) is 5.91 Å². The molecule has 0 radical (unpaired) electrons. The van der Waals surface area contributed by atoms with E-state index >= 15 is 0 Å². The lowest BCUT2D eigenvalue weighted by molar-refractivity contribution is -0.127. The van der Waals surface area contributed by atoms with Crippen LogP contribution in [0.15, 0.2) is 10.5 Å². The third-order valence-corrected chi connectivity index (χ3v) is 4.43. The van der Waals surface area contributed by atoms with Crippen LogP contribution in [0.25, 0.3) is 0 Å². The standard InChI is InChI=1S/C15H20N2O3/c1-9-7-13(20-10(9)2)15(19)17-8-14(18)16-11-5-3-4-6-12(11)17/h7,11-12H,3-6,8H2,1-2H3,(H,16,18). The lowest BCUT2D eigenvalue weighted by Gasteiger charge is -2.43. The fourth-order valence-corrected chi connectivity index (χ4v) is 3.22. The number of aryl methyl sites for hydroxylation is 2. The maximum absolute atomic E-state index is 12.6. The van der Waals surface area contributed by atoms with Gasteiger partial charge in [-0.05, 0) is 38.3 Å². The molecule has 2 aliphatic rings. The molecule has 2 unspecified atom stereocenters. The van der Waals surface area contributed by atoms with Crippen LogP contribution in [-0.2, 0) is 4.79 Å². The van der Waals surface area contributed by atoms with Crippen molar-refractivity contribution in [2.75, 3.05) is 6.54 Å². The number of hydrogen-bond donors (Lipinski definition) is 1. The highest BCUT2D eigenvalue weighted by Gasteiger charge is 2.39. The maximum Gasteiger partial charge on any atom is 0.290 e. The van der Waals surface area contributed by atoms with Crippen molar-refractivity contribution in [3.63, 3.8) is 0 Å². The van der Waals surface area contributed by atoms with Gasteiger partial charge in [-0.25, -0.2) is 0 Å². The first kappa shape index (κ1) is 13.2. The summed E-state index contributed by atoms with van der Waals surface area (Å²) in [5, 5.41) is 3.01. The Hall–Kier alpha value is -1.78. The number of nitrogens with zero attached hydrogens (tertiary/aromatic N) is 1. The molecule has 1 saturated heterocycles. The van der Waals surface area contributed by atoms with Crippen LogP contribution in [0.3, 0.4) is 0 Å². The molecular weight excluding hydrogens is 256 g/mol. The summed E-state index contributed by atoms with van der Waals surface area (Å²) in [6.45, 7) is 3.90. The quantitative estimate of drug-likeness (QED) is 0.850. The highest BCUT2D eigenvalue weighted by atomic mass is 16.4. The predicted molar refractivity (Wildman–Crippen MR) is 73.4 cm³/mol. The van der Waals surface area contributed by atoms with E-state index in [0.717, 1.165) is 37.0 Å². The summed E-state index contributed by atoms with van der Waals surface area (Å²) in [5.41, 5.74) is 0.968. The molecule has 20 heavy (non-hydrogen) atoms. The molecule has 1 aromatic heterocycles. The van der Waals surface area contributed by atoms with Crippen LogP contribution in [0, 0.1) is 13.8 Å². The van der Waals surface area contributed by atoms with E-state index in [0.29, 0.717) is 5.76 Å². The molecule has 1 N–H and O–H groups in total. The van der Waals surface area contributed by atoms with Gasteiger partial charge in [0.1, 0.15) is 12.3 Å². The second-order valence-electron chi connectivity index (χ2n) is 5.81. The van der Waals surface area contributed by atoms with E-state index in [1.807, 2.05) is 13.8 Å². The Bertz CT molecular complexity index is 530. The molecule has 1 aliphatic carbocycles. The third kappa shape index (κ3) is 2.21. The molecule has 108 valence electrons. The van der Waals surface area contributed by atoms with Crippen molar-refractivity contribution in [1.82, 2.24) is 10.2 Å². The van der Waals surface area contributed by atoms with Gasteiger partial charge in [0.2, 0.25) is 5.91 Å². The summed E-state index contributed by atoms with van der Waals surface area (Å²) in [4.78, 5) is 26.1. The van der Waals surface area contributed by atoms with Crippen LogP contribution in [0.2, 0.25) is 0 Å². The highest BCUT2D eigenvalue weighted by Crippen LogP contribution is 2.27. The Morgan fingerprint density at radius 3 is 2.80 bits per heavy atom. The third-order valence-electron chi connectivity index (χ3n) is 4.43. The Balaban J connectivity index is 1.86. The van der Waals surface area contributed by atoms with Gasteiger partial charge in [0.05, 0.1) is 6.04 Å². The molecule has 1 aromatic rings. The van der Waals surface area contributed by atoms with Crippen molar-refractivity contribution in [3.8, 4) is 0 Å². The lowest BCUT2D eigenvalue weighted by atomic mass is 9.87. The van der Waals surface area contributed by atoms with E-state index in [9.17, 15) is 9.59 Å². The van der Waals surface area contributed by atoms with Gasteiger partial charge in [-0.3, -0.25) is 9.59 Å². The number of nitrogens with one attached hydrogen (secondary N) is 1. The fourth-order valence-electron chi connectivity index (χ4n) is 3.22. The van der Waals surface area contributed by atoms with Crippen molar-refractivity contribution >= 4 is 11.8 Å². The minimum atomic E-state index is -0.159. The predicted octanol–water partition coefficient (Wildman–Crippen LogP) is 1.78. The Morgan fingerprint density at radius 2 is 2.10 bits per heavy atom. The number of amides is 2. The second-order valence-corrected chi connectivity index (χ2v) is 5.81. The van der Waals surface area contributed by atoms with Crippen molar-refractivity contribution in [2.45, 2.75) is 51.6 Å². The number of furan rings is 1. The van der Waals surface area contributed by atoms with E-state index < -0.39 is 0 Å². The molecular formula is C15H20N2O3. The summed E-state index contributed by atoms with van der Waals surface area (Å²) in [7, 11) is 0. The zero-order valence-corrected chi connectivity index (χ0v) is 11.9. The summed E-state index contributed by atoms with van der Waals surface area (Å²) in [5.74, 6) is 0.878. The fraction of sp³-hybridized carbons (Fsp3) is 0.600. The number of fused-ring (bicyclic) bond motifs is 1. The van der Waals surface area contributed by atoms with E-state index in [4.69, 9.17) is 4.42 Å². The largest absolute Gasteiger partial charge is 0.456 e. The van der Waals surface area contributed by atoms with Gasteiger partial charge < -0.3 is 14.6 Å². The molecule has 2 heterocycles. The van der Waals surface area contributed by atoms with E-state index in [1.165, 1.54) is 0 Å². The second kappa shape index (κ2) is 4.96.